The molecule has 1 aromatic rings. The van der Waals surface area contributed by atoms with Gasteiger partial charge in [0.25, 0.3) is 0 Å². The zero-order chi connectivity index (χ0) is 16.7. The number of amides is 1. The smallest absolute Gasteiger partial charge is 0.346 e. The van der Waals surface area contributed by atoms with Crippen molar-refractivity contribution >= 4 is 5.91 Å². The summed E-state index contributed by atoms with van der Waals surface area (Å²) in [5.41, 5.74) is 1.29. The molecule has 23 heavy (non-hydrogen) atoms. The van der Waals surface area contributed by atoms with Crippen molar-refractivity contribution in [2.75, 3.05) is 45.8 Å². The Morgan fingerprint density at radius 1 is 1.04 bits per heavy atom. The number of nitrogens with zero attached hydrogens (tertiary/aromatic N) is 2. The van der Waals surface area contributed by atoms with E-state index in [-0.39, 0.29) is 6.54 Å². The summed E-state index contributed by atoms with van der Waals surface area (Å²) in [5.74, 6) is -0.569. The van der Waals surface area contributed by atoms with Crippen LogP contribution in [0.1, 0.15) is 5.56 Å². The number of nitrogens with one attached hydrogen (secondary N) is 1. The third-order valence-corrected chi connectivity index (χ3v) is 3.88. The van der Waals surface area contributed by atoms with Gasteiger partial charge in [-0.2, -0.15) is 13.2 Å². The van der Waals surface area contributed by atoms with Gasteiger partial charge in [0.1, 0.15) is 6.54 Å². The standard InChI is InChI=1S/C16H22F3N3O/c17-16(18,19)13-20-15(23)12-22-10-8-21(9-11-22)7-6-14-4-2-1-3-5-14/h1-5H,6-13H2,(H,20,23). The van der Waals surface area contributed by atoms with E-state index in [1.54, 1.807) is 0 Å². The van der Waals surface area contributed by atoms with Gasteiger partial charge < -0.3 is 10.2 Å². The summed E-state index contributed by atoms with van der Waals surface area (Å²) in [6, 6.07) is 10.2. The average Bonchev–Trinajstić information content (AvgIpc) is 2.53. The predicted octanol–water partition coefficient (Wildman–Crippen LogP) is 1.53. The summed E-state index contributed by atoms with van der Waals surface area (Å²) in [5, 5.41) is 1.91. The maximum Gasteiger partial charge on any atom is 0.405 e. The van der Waals surface area contributed by atoms with Crippen LogP contribution in [0.5, 0.6) is 0 Å². The van der Waals surface area contributed by atoms with Crippen LogP contribution < -0.4 is 5.32 Å². The van der Waals surface area contributed by atoms with Gasteiger partial charge in [0, 0.05) is 32.7 Å². The Hall–Kier alpha value is -1.60. The number of hydrogen-bond acceptors (Lipinski definition) is 3. The number of benzene rings is 1. The van der Waals surface area contributed by atoms with E-state index in [4.69, 9.17) is 0 Å². The topological polar surface area (TPSA) is 35.6 Å². The van der Waals surface area contributed by atoms with Gasteiger partial charge in [0.15, 0.2) is 0 Å². The Morgan fingerprint density at radius 2 is 1.65 bits per heavy atom. The molecule has 2 rings (SSSR count). The second-order valence-electron chi connectivity index (χ2n) is 5.75. The van der Waals surface area contributed by atoms with Crippen LogP contribution in [0.2, 0.25) is 0 Å². The lowest BCUT2D eigenvalue weighted by atomic mass is 10.1. The van der Waals surface area contributed by atoms with Crippen LogP contribution in [0.3, 0.4) is 0 Å². The molecule has 1 fully saturated rings. The first-order valence-electron chi connectivity index (χ1n) is 7.74. The van der Waals surface area contributed by atoms with Gasteiger partial charge in [-0.05, 0) is 12.0 Å². The van der Waals surface area contributed by atoms with Crippen molar-refractivity contribution in [2.45, 2.75) is 12.6 Å². The lowest BCUT2D eigenvalue weighted by Gasteiger charge is -2.34. The van der Waals surface area contributed by atoms with Gasteiger partial charge in [0.05, 0.1) is 6.54 Å². The summed E-state index contributed by atoms with van der Waals surface area (Å²) in [4.78, 5) is 15.7. The molecule has 0 aliphatic carbocycles. The fourth-order valence-electron chi connectivity index (χ4n) is 2.56. The number of rotatable bonds is 6. The van der Waals surface area contributed by atoms with E-state index in [2.05, 4.69) is 17.0 Å². The monoisotopic (exact) mass is 329 g/mol. The normalized spacial score (nSPS) is 17.2. The molecule has 1 amide bonds. The van der Waals surface area contributed by atoms with Crippen LogP contribution in [0.25, 0.3) is 0 Å². The number of carbonyl (C=O) groups excluding carboxylic acids is 1. The van der Waals surface area contributed by atoms with E-state index in [0.717, 1.165) is 26.1 Å². The summed E-state index contributed by atoms with van der Waals surface area (Å²) in [6.07, 6.45) is -3.38. The lowest BCUT2D eigenvalue weighted by Crippen LogP contribution is -2.50. The minimum Gasteiger partial charge on any atom is -0.346 e. The van der Waals surface area contributed by atoms with Gasteiger partial charge in [-0.15, -0.1) is 0 Å². The van der Waals surface area contributed by atoms with Crippen molar-refractivity contribution in [2.24, 2.45) is 0 Å². The van der Waals surface area contributed by atoms with Crippen molar-refractivity contribution in [1.82, 2.24) is 15.1 Å². The molecule has 1 aliphatic rings. The molecule has 1 saturated heterocycles. The molecule has 0 radical (unpaired) electrons. The van der Waals surface area contributed by atoms with E-state index in [1.165, 1.54) is 5.56 Å². The Balaban J connectivity index is 1.63. The summed E-state index contributed by atoms with van der Waals surface area (Å²) in [6.45, 7) is 2.80. The highest BCUT2D eigenvalue weighted by atomic mass is 19.4. The minimum atomic E-state index is -4.36. The number of carbonyl (C=O) groups is 1. The maximum atomic E-state index is 12.0. The van der Waals surface area contributed by atoms with Crippen LogP contribution in [0.4, 0.5) is 13.2 Å². The molecule has 1 aromatic carbocycles. The van der Waals surface area contributed by atoms with E-state index in [9.17, 15) is 18.0 Å². The minimum absolute atomic E-state index is 0.0304. The average molecular weight is 329 g/mol. The quantitative estimate of drug-likeness (QED) is 0.860. The summed E-state index contributed by atoms with van der Waals surface area (Å²) in [7, 11) is 0. The van der Waals surface area contributed by atoms with Crippen molar-refractivity contribution in [3.05, 3.63) is 35.9 Å². The predicted molar refractivity (Wildman–Crippen MR) is 82.1 cm³/mol. The second-order valence-corrected chi connectivity index (χ2v) is 5.75. The molecule has 0 atom stereocenters. The third kappa shape index (κ3) is 7.00. The first kappa shape index (κ1) is 17.7. The highest BCUT2D eigenvalue weighted by molar-refractivity contribution is 5.78. The molecule has 1 aliphatic heterocycles. The molecule has 0 spiro atoms. The number of piperazine rings is 1. The van der Waals surface area contributed by atoms with E-state index < -0.39 is 18.6 Å². The van der Waals surface area contributed by atoms with Gasteiger partial charge in [-0.3, -0.25) is 9.69 Å². The molecule has 0 unspecified atom stereocenters. The fraction of sp³-hybridized carbons (Fsp3) is 0.562. The largest absolute Gasteiger partial charge is 0.405 e. The molecule has 1 N–H and O–H groups in total. The van der Waals surface area contributed by atoms with Gasteiger partial charge in [0.2, 0.25) is 5.91 Å². The molecular weight excluding hydrogens is 307 g/mol. The molecule has 1 heterocycles. The van der Waals surface area contributed by atoms with Crippen molar-refractivity contribution in [3.63, 3.8) is 0 Å². The summed E-state index contributed by atoms with van der Waals surface area (Å²) >= 11 is 0. The second kappa shape index (κ2) is 8.31. The Morgan fingerprint density at radius 3 is 2.26 bits per heavy atom. The van der Waals surface area contributed by atoms with Crippen LogP contribution in [0.15, 0.2) is 30.3 Å². The molecule has 4 nitrogen and oxygen atoms in total. The van der Waals surface area contributed by atoms with E-state index in [0.29, 0.717) is 13.1 Å². The molecule has 0 bridgehead atoms. The van der Waals surface area contributed by atoms with Gasteiger partial charge in [-0.25, -0.2) is 0 Å². The Kier molecular flexibility index (Phi) is 6.41. The van der Waals surface area contributed by atoms with Gasteiger partial charge >= 0.3 is 6.18 Å². The highest BCUT2D eigenvalue weighted by Gasteiger charge is 2.28. The SMILES string of the molecule is O=C(CN1CCN(CCc2ccccc2)CC1)NCC(F)(F)F. The molecule has 0 saturated carbocycles. The fourth-order valence-corrected chi connectivity index (χ4v) is 2.56. The zero-order valence-electron chi connectivity index (χ0n) is 13.0. The van der Waals surface area contributed by atoms with Crippen LogP contribution in [-0.4, -0.2) is 67.7 Å². The summed E-state index contributed by atoms with van der Waals surface area (Å²) < 4.78 is 36.1. The highest BCUT2D eigenvalue weighted by Crippen LogP contribution is 2.12. The van der Waals surface area contributed by atoms with Crippen molar-refractivity contribution < 1.29 is 18.0 Å². The Bertz CT molecular complexity index is 485. The number of hydrogen-bond donors (Lipinski definition) is 1. The van der Waals surface area contributed by atoms with E-state index in [1.807, 2.05) is 28.4 Å². The molecule has 0 aromatic heterocycles. The molecule has 128 valence electrons. The molecule has 7 heteroatoms. The van der Waals surface area contributed by atoms with Crippen LogP contribution in [0, 0.1) is 0 Å². The first-order chi connectivity index (χ1) is 10.9. The number of halogens is 3. The molecular formula is C16H22F3N3O. The van der Waals surface area contributed by atoms with Gasteiger partial charge in [-0.1, -0.05) is 30.3 Å². The Labute approximate surface area is 134 Å². The first-order valence-corrected chi connectivity index (χ1v) is 7.74. The van der Waals surface area contributed by atoms with Crippen molar-refractivity contribution in [1.29, 1.82) is 0 Å². The van der Waals surface area contributed by atoms with E-state index >= 15 is 0 Å². The van der Waals surface area contributed by atoms with Crippen LogP contribution >= 0.6 is 0 Å². The maximum absolute atomic E-state index is 12.0. The number of alkyl halides is 3. The van der Waals surface area contributed by atoms with Crippen LogP contribution in [-0.2, 0) is 11.2 Å². The lowest BCUT2D eigenvalue weighted by molar-refractivity contribution is -0.139. The zero-order valence-corrected chi connectivity index (χ0v) is 13.0. The van der Waals surface area contributed by atoms with Crippen molar-refractivity contribution in [3.8, 4) is 0 Å². The third-order valence-electron chi connectivity index (χ3n) is 3.88.